The maximum absolute atomic E-state index is 10.2. The van der Waals surface area contributed by atoms with Gasteiger partial charge in [-0.1, -0.05) is 56.8 Å². The van der Waals surface area contributed by atoms with E-state index in [4.69, 9.17) is 27.6 Å². The summed E-state index contributed by atoms with van der Waals surface area (Å²) in [7, 11) is -1.79. The van der Waals surface area contributed by atoms with Gasteiger partial charge in [0.15, 0.2) is 8.32 Å². The first-order valence-corrected chi connectivity index (χ1v) is 14.2. The smallest absolute Gasteiger partial charge is 0.192 e. The monoisotopic (exact) mass is 445 g/mol. The largest absolute Gasteiger partial charge is 0.410 e. The molecule has 0 amide bonds. The molecule has 0 bridgehead atoms. The predicted molar refractivity (Wildman–Crippen MR) is 122 cm³/mol. The quantitative estimate of drug-likeness (QED) is 0.377. The second-order valence-electron chi connectivity index (χ2n) is 8.74. The van der Waals surface area contributed by atoms with E-state index in [9.17, 15) is 5.11 Å². The van der Waals surface area contributed by atoms with Crippen LogP contribution in [0.15, 0.2) is 12.4 Å². The molecule has 1 atom stereocenters. The molecule has 1 aliphatic rings. The van der Waals surface area contributed by atoms with Crippen LogP contribution in [0, 0.1) is 5.92 Å². The molecule has 2 rings (SSSR count). The zero-order chi connectivity index (χ0) is 20.8. The number of hydrogen-bond acceptors (Lipinski definition) is 3. The molecule has 1 heterocycles. The lowest BCUT2D eigenvalue weighted by Gasteiger charge is -2.35. The first kappa shape index (κ1) is 24.1. The molecule has 1 saturated carbocycles. The van der Waals surface area contributed by atoms with Gasteiger partial charge in [-0.05, 0) is 63.1 Å². The van der Waals surface area contributed by atoms with Gasteiger partial charge in [0.1, 0.15) is 0 Å². The lowest BCUT2D eigenvalue weighted by Crippen LogP contribution is -2.37. The minimum atomic E-state index is -1.79. The second kappa shape index (κ2) is 10.8. The molecule has 0 spiro atoms. The van der Waals surface area contributed by atoms with Crippen molar-refractivity contribution in [1.29, 1.82) is 0 Å². The van der Waals surface area contributed by atoms with Crippen LogP contribution in [0.5, 0.6) is 0 Å². The van der Waals surface area contributed by atoms with Crippen molar-refractivity contribution in [3.63, 3.8) is 0 Å². The standard InChI is InChI=1S/C22H37Cl2NO2Si/c1-5-28(6-2,7-3)27-20(21-18(23)15-25-16-19(21)24)10-8-9-17-11-13-22(4,26)14-12-17/h15-17,20,26H,5-14H2,1-4H3. The third-order valence-electron chi connectivity index (χ3n) is 6.80. The van der Waals surface area contributed by atoms with E-state index in [1.165, 1.54) is 6.42 Å². The first-order valence-electron chi connectivity index (χ1n) is 10.9. The fraction of sp³-hybridized carbons (Fsp3) is 0.773. The molecule has 28 heavy (non-hydrogen) atoms. The van der Waals surface area contributed by atoms with Crippen molar-refractivity contribution < 1.29 is 9.53 Å². The number of hydrogen-bond donors (Lipinski definition) is 1. The van der Waals surface area contributed by atoms with Crippen LogP contribution in [0.4, 0.5) is 0 Å². The summed E-state index contributed by atoms with van der Waals surface area (Å²) >= 11 is 13.0. The van der Waals surface area contributed by atoms with Gasteiger partial charge >= 0.3 is 0 Å². The molecule has 0 aliphatic heterocycles. The van der Waals surface area contributed by atoms with E-state index in [0.29, 0.717) is 16.0 Å². The molecular weight excluding hydrogens is 409 g/mol. The number of halogens is 2. The van der Waals surface area contributed by atoms with Crippen molar-refractivity contribution in [3.8, 4) is 0 Å². The molecule has 1 fully saturated rings. The third-order valence-corrected chi connectivity index (χ3v) is 12.1. The van der Waals surface area contributed by atoms with Crippen molar-refractivity contribution in [2.45, 2.75) is 102 Å². The molecular formula is C22H37Cl2NO2Si. The van der Waals surface area contributed by atoms with E-state index in [0.717, 1.165) is 62.2 Å². The minimum Gasteiger partial charge on any atom is -0.410 e. The summed E-state index contributed by atoms with van der Waals surface area (Å²) in [5.41, 5.74) is 0.451. The topological polar surface area (TPSA) is 42.4 Å². The fourth-order valence-corrected chi connectivity index (χ4v) is 7.92. The molecule has 3 nitrogen and oxygen atoms in total. The van der Waals surface area contributed by atoms with Crippen LogP contribution >= 0.6 is 23.2 Å². The summed E-state index contributed by atoms with van der Waals surface area (Å²) in [5.74, 6) is 0.704. The van der Waals surface area contributed by atoms with Crippen LogP contribution in [0.1, 0.15) is 84.3 Å². The number of nitrogens with zero attached hydrogens (tertiary/aromatic N) is 1. The van der Waals surface area contributed by atoms with Crippen LogP contribution < -0.4 is 0 Å². The Morgan fingerprint density at radius 1 is 1.14 bits per heavy atom. The van der Waals surface area contributed by atoms with Gasteiger partial charge in [0.25, 0.3) is 0 Å². The summed E-state index contributed by atoms with van der Waals surface area (Å²) in [5, 5.41) is 11.4. The van der Waals surface area contributed by atoms with Gasteiger partial charge in [-0.25, -0.2) is 0 Å². The first-order chi connectivity index (χ1) is 13.3. The van der Waals surface area contributed by atoms with Crippen molar-refractivity contribution in [2.75, 3.05) is 0 Å². The average Bonchev–Trinajstić information content (AvgIpc) is 2.67. The highest BCUT2D eigenvalue weighted by atomic mass is 35.5. The average molecular weight is 447 g/mol. The maximum Gasteiger partial charge on any atom is 0.192 e. The summed E-state index contributed by atoms with van der Waals surface area (Å²) < 4.78 is 6.86. The zero-order valence-electron chi connectivity index (χ0n) is 17.9. The van der Waals surface area contributed by atoms with Gasteiger partial charge < -0.3 is 9.53 Å². The van der Waals surface area contributed by atoms with Gasteiger partial charge in [-0.15, -0.1) is 0 Å². The van der Waals surface area contributed by atoms with E-state index in [1.54, 1.807) is 12.4 Å². The van der Waals surface area contributed by atoms with Gasteiger partial charge in [0.2, 0.25) is 0 Å². The van der Waals surface area contributed by atoms with Gasteiger partial charge in [-0.3, -0.25) is 4.98 Å². The molecule has 0 aromatic carbocycles. The van der Waals surface area contributed by atoms with Crippen LogP contribution in [-0.2, 0) is 4.43 Å². The molecule has 160 valence electrons. The zero-order valence-corrected chi connectivity index (χ0v) is 20.5. The number of aromatic nitrogens is 1. The van der Waals surface area contributed by atoms with E-state index in [-0.39, 0.29) is 6.10 Å². The Kier molecular flexibility index (Phi) is 9.28. The second-order valence-corrected chi connectivity index (χ2v) is 14.3. The molecule has 1 aliphatic carbocycles. The predicted octanol–water partition coefficient (Wildman–Crippen LogP) is 7.56. The summed E-state index contributed by atoms with van der Waals surface area (Å²) in [6.45, 7) is 8.71. The van der Waals surface area contributed by atoms with Crippen LogP contribution in [-0.4, -0.2) is 24.0 Å². The molecule has 1 aromatic rings. The van der Waals surface area contributed by atoms with E-state index in [2.05, 4.69) is 25.8 Å². The van der Waals surface area contributed by atoms with Gasteiger partial charge in [0, 0.05) is 18.0 Å². The van der Waals surface area contributed by atoms with Crippen molar-refractivity contribution in [1.82, 2.24) is 4.98 Å². The summed E-state index contributed by atoms with van der Waals surface area (Å²) in [6, 6.07) is 3.32. The Bertz CT molecular complexity index is 584. The minimum absolute atomic E-state index is 0.0544. The Morgan fingerprint density at radius 3 is 2.18 bits per heavy atom. The lowest BCUT2D eigenvalue weighted by molar-refractivity contribution is 0.00624. The van der Waals surface area contributed by atoms with Gasteiger partial charge in [-0.2, -0.15) is 0 Å². The normalized spacial score (nSPS) is 24.3. The molecule has 1 N–H and O–H groups in total. The number of rotatable bonds is 10. The Hall–Kier alpha value is -0.133. The highest BCUT2D eigenvalue weighted by Gasteiger charge is 2.34. The fourth-order valence-electron chi connectivity index (χ4n) is 4.47. The van der Waals surface area contributed by atoms with Crippen LogP contribution in [0.25, 0.3) is 0 Å². The lowest BCUT2D eigenvalue weighted by atomic mass is 9.78. The summed E-state index contributed by atoms with van der Waals surface area (Å²) in [4.78, 5) is 4.12. The van der Waals surface area contributed by atoms with E-state index >= 15 is 0 Å². The maximum atomic E-state index is 10.2. The van der Waals surface area contributed by atoms with Crippen molar-refractivity contribution in [2.24, 2.45) is 5.92 Å². The molecule has 1 unspecified atom stereocenters. The molecule has 1 aromatic heterocycles. The van der Waals surface area contributed by atoms with E-state index < -0.39 is 13.9 Å². The summed E-state index contributed by atoms with van der Waals surface area (Å²) in [6.07, 6.45) is 10.6. The third kappa shape index (κ3) is 6.43. The van der Waals surface area contributed by atoms with E-state index in [1.807, 2.05) is 6.92 Å². The van der Waals surface area contributed by atoms with Crippen molar-refractivity contribution in [3.05, 3.63) is 28.0 Å². The highest BCUT2D eigenvalue weighted by molar-refractivity contribution is 6.73. The van der Waals surface area contributed by atoms with Gasteiger partial charge in [0.05, 0.1) is 21.8 Å². The SMILES string of the molecule is CC[Si](CC)(CC)OC(CCCC1CCC(C)(O)CC1)c1c(Cl)cncc1Cl. The molecule has 0 radical (unpaired) electrons. The number of pyridine rings is 1. The Labute approximate surface area is 182 Å². The number of aliphatic hydroxyl groups is 1. The van der Waals surface area contributed by atoms with Crippen molar-refractivity contribution >= 4 is 31.5 Å². The Morgan fingerprint density at radius 2 is 1.68 bits per heavy atom. The van der Waals surface area contributed by atoms with Crippen LogP contribution in [0.2, 0.25) is 28.2 Å². The molecule has 0 saturated heterocycles. The molecule has 6 heteroatoms. The Balaban J connectivity index is 2.08. The highest BCUT2D eigenvalue weighted by Crippen LogP contribution is 2.40. The van der Waals surface area contributed by atoms with Crippen LogP contribution in [0.3, 0.4) is 0 Å².